The van der Waals surface area contributed by atoms with Gasteiger partial charge in [-0.1, -0.05) is 43.2 Å². The van der Waals surface area contributed by atoms with Crippen molar-refractivity contribution in [3.63, 3.8) is 0 Å². The highest BCUT2D eigenvalue weighted by molar-refractivity contribution is 7.89. The van der Waals surface area contributed by atoms with Crippen molar-refractivity contribution in [1.82, 2.24) is 14.5 Å². The summed E-state index contributed by atoms with van der Waals surface area (Å²) in [7, 11) is 1.72. The lowest BCUT2D eigenvalue weighted by molar-refractivity contribution is 0.0938. The monoisotopic (exact) mass is 459 g/mol. The highest BCUT2D eigenvalue weighted by atomic mass is 32.2. The minimum Gasteiger partial charge on any atom is -0.496 e. The highest BCUT2D eigenvalue weighted by Crippen LogP contribution is 2.26. The highest BCUT2D eigenvalue weighted by Gasteiger charge is 2.27. The van der Waals surface area contributed by atoms with E-state index >= 15 is 0 Å². The maximum absolute atomic E-state index is 13.2. The molecule has 1 atom stereocenters. The number of nitrogens with one attached hydrogen (secondary N) is 1. The summed E-state index contributed by atoms with van der Waals surface area (Å²) in [5.41, 5.74) is 1.30. The maximum atomic E-state index is 13.2. The number of carbonyl (C=O) groups excluding carboxylic acids is 1. The van der Waals surface area contributed by atoms with Crippen LogP contribution >= 0.6 is 0 Å². The first-order chi connectivity index (χ1) is 15.3. The van der Waals surface area contributed by atoms with Gasteiger partial charge >= 0.3 is 0 Å². The van der Waals surface area contributed by atoms with Crippen LogP contribution in [0.5, 0.6) is 5.75 Å². The molecule has 1 saturated heterocycles. The van der Waals surface area contributed by atoms with Gasteiger partial charge in [0.1, 0.15) is 5.75 Å². The lowest BCUT2D eigenvalue weighted by Crippen LogP contribution is -2.35. The van der Waals surface area contributed by atoms with Crippen molar-refractivity contribution in [3.8, 4) is 5.75 Å². The van der Waals surface area contributed by atoms with Crippen molar-refractivity contribution in [2.75, 3.05) is 40.8 Å². The van der Waals surface area contributed by atoms with Gasteiger partial charge in [-0.3, -0.25) is 4.79 Å². The Labute approximate surface area is 191 Å². The second-order valence-corrected chi connectivity index (χ2v) is 10.2. The Morgan fingerprint density at radius 2 is 1.72 bits per heavy atom. The lowest BCUT2D eigenvalue weighted by atomic mass is 10.1. The van der Waals surface area contributed by atoms with E-state index in [9.17, 15) is 13.2 Å². The molecular weight excluding hydrogens is 426 g/mol. The fourth-order valence-electron chi connectivity index (χ4n) is 4.01. The molecule has 1 N–H and O–H groups in total. The number of nitrogens with zero attached hydrogens (tertiary/aromatic N) is 2. The van der Waals surface area contributed by atoms with Gasteiger partial charge in [0.25, 0.3) is 5.91 Å². The minimum absolute atomic E-state index is 0.0184. The summed E-state index contributed by atoms with van der Waals surface area (Å²) >= 11 is 0. The number of likely N-dealkylation sites (N-methyl/N-ethyl adjacent to an activating group) is 1. The quantitative estimate of drug-likeness (QED) is 0.655. The number of hydrogen-bond acceptors (Lipinski definition) is 5. The van der Waals surface area contributed by atoms with Gasteiger partial charge in [-0.2, -0.15) is 4.31 Å². The first-order valence-electron chi connectivity index (χ1n) is 11.0. The number of amides is 1. The lowest BCUT2D eigenvalue weighted by Gasteiger charge is -2.25. The van der Waals surface area contributed by atoms with E-state index in [2.05, 4.69) is 5.32 Å². The summed E-state index contributed by atoms with van der Waals surface area (Å²) in [6.07, 6.45) is 3.79. The fourth-order valence-corrected chi connectivity index (χ4v) is 5.56. The van der Waals surface area contributed by atoms with Crippen LogP contribution in [-0.4, -0.2) is 64.4 Å². The Bertz CT molecular complexity index is 1000. The molecule has 1 aliphatic rings. The molecule has 1 heterocycles. The molecule has 1 aliphatic heterocycles. The molecule has 0 radical (unpaired) electrons. The van der Waals surface area contributed by atoms with Gasteiger partial charge in [-0.05, 0) is 50.7 Å². The molecule has 1 unspecified atom stereocenters. The van der Waals surface area contributed by atoms with E-state index in [1.165, 1.54) is 23.5 Å². The van der Waals surface area contributed by atoms with Crippen molar-refractivity contribution in [3.05, 3.63) is 59.7 Å². The van der Waals surface area contributed by atoms with Crippen LogP contribution in [-0.2, 0) is 10.0 Å². The summed E-state index contributed by atoms with van der Waals surface area (Å²) < 4.78 is 33.3. The third-order valence-electron chi connectivity index (χ3n) is 5.88. The van der Waals surface area contributed by atoms with Gasteiger partial charge < -0.3 is 15.0 Å². The number of ether oxygens (including phenoxy) is 1. The second-order valence-electron chi connectivity index (χ2n) is 8.28. The van der Waals surface area contributed by atoms with Crippen molar-refractivity contribution < 1.29 is 17.9 Å². The standard InChI is InChI=1S/C24H33N3O4S/c1-26(2)22(19-11-7-6-8-12-19)18-25-24(28)21-17-20(13-14-23(21)31-3)32(29,30)27-15-9-4-5-10-16-27/h6-8,11-14,17,22H,4-5,9-10,15-16,18H2,1-3H3,(H,25,28). The van der Waals surface area contributed by atoms with Crippen LogP contribution in [0.3, 0.4) is 0 Å². The van der Waals surface area contributed by atoms with Gasteiger partial charge in [-0.25, -0.2) is 8.42 Å². The van der Waals surface area contributed by atoms with Crippen molar-refractivity contribution in [1.29, 1.82) is 0 Å². The molecule has 3 rings (SSSR count). The predicted molar refractivity (Wildman–Crippen MR) is 125 cm³/mol. The van der Waals surface area contributed by atoms with Crippen LogP contribution in [0.1, 0.15) is 47.6 Å². The van der Waals surface area contributed by atoms with Crippen LogP contribution in [0.25, 0.3) is 0 Å². The zero-order valence-electron chi connectivity index (χ0n) is 19.1. The number of rotatable bonds is 8. The Balaban J connectivity index is 1.82. The Morgan fingerprint density at radius 3 is 2.31 bits per heavy atom. The van der Waals surface area contributed by atoms with Gasteiger partial charge in [0, 0.05) is 19.6 Å². The first kappa shape index (κ1) is 24.2. The molecule has 1 fully saturated rings. The molecule has 0 aromatic heterocycles. The van der Waals surface area contributed by atoms with Gasteiger partial charge in [0.15, 0.2) is 0 Å². The molecule has 0 saturated carbocycles. The van der Waals surface area contributed by atoms with Crippen molar-refractivity contribution >= 4 is 15.9 Å². The normalized spacial score (nSPS) is 16.4. The third-order valence-corrected chi connectivity index (χ3v) is 7.78. The van der Waals surface area contributed by atoms with Crippen LogP contribution in [0, 0.1) is 0 Å². The van der Waals surface area contributed by atoms with E-state index < -0.39 is 10.0 Å². The van der Waals surface area contributed by atoms with Gasteiger partial charge in [-0.15, -0.1) is 0 Å². The Hall–Kier alpha value is -2.42. The van der Waals surface area contributed by atoms with E-state index in [4.69, 9.17) is 4.74 Å². The van der Waals surface area contributed by atoms with Crippen LogP contribution in [0.4, 0.5) is 0 Å². The Morgan fingerprint density at radius 1 is 1.06 bits per heavy atom. The average molecular weight is 460 g/mol. The molecule has 8 heteroatoms. The summed E-state index contributed by atoms with van der Waals surface area (Å²) in [5.74, 6) is -0.0176. The van der Waals surface area contributed by atoms with Crippen LogP contribution < -0.4 is 10.1 Å². The molecule has 0 spiro atoms. The molecule has 1 amide bonds. The maximum Gasteiger partial charge on any atom is 0.255 e. The smallest absolute Gasteiger partial charge is 0.255 e. The number of benzene rings is 2. The summed E-state index contributed by atoms with van der Waals surface area (Å²) in [4.78, 5) is 15.2. The van der Waals surface area contributed by atoms with Crippen molar-refractivity contribution in [2.24, 2.45) is 0 Å². The molecule has 0 aliphatic carbocycles. The molecule has 7 nitrogen and oxygen atoms in total. The molecule has 174 valence electrons. The predicted octanol–water partition coefficient (Wildman–Crippen LogP) is 3.29. The number of methoxy groups -OCH3 is 1. The van der Waals surface area contributed by atoms with E-state index in [1.54, 1.807) is 6.07 Å². The van der Waals surface area contributed by atoms with Crippen LogP contribution in [0.2, 0.25) is 0 Å². The fraction of sp³-hybridized carbons (Fsp3) is 0.458. The number of hydrogen-bond donors (Lipinski definition) is 1. The zero-order valence-corrected chi connectivity index (χ0v) is 19.9. The van der Waals surface area contributed by atoms with Gasteiger partial charge in [0.05, 0.1) is 23.6 Å². The second kappa shape index (κ2) is 10.9. The molecule has 0 bridgehead atoms. The Kier molecular flexibility index (Phi) is 8.28. The van der Waals surface area contributed by atoms with E-state index in [-0.39, 0.29) is 22.4 Å². The largest absolute Gasteiger partial charge is 0.496 e. The SMILES string of the molecule is COc1ccc(S(=O)(=O)N2CCCCCC2)cc1C(=O)NCC(c1ccccc1)N(C)C. The number of sulfonamides is 1. The summed E-state index contributed by atoms with van der Waals surface area (Å²) in [6, 6.07) is 14.4. The average Bonchev–Trinajstić information content (AvgIpc) is 3.09. The van der Waals surface area contributed by atoms with E-state index in [0.717, 1.165) is 31.2 Å². The summed E-state index contributed by atoms with van der Waals surface area (Å²) in [5, 5.41) is 2.95. The first-order valence-corrected chi connectivity index (χ1v) is 12.5. The molecule has 2 aromatic carbocycles. The minimum atomic E-state index is -3.66. The molecule has 2 aromatic rings. The topological polar surface area (TPSA) is 79.0 Å². The van der Waals surface area contributed by atoms with Gasteiger partial charge in [0.2, 0.25) is 10.0 Å². The third kappa shape index (κ3) is 5.68. The van der Waals surface area contributed by atoms with Crippen molar-refractivity contribution in [2.45, 2.75) is 36.6 Å². The zero-order chi connectivity index (χ0) is 23.1. The molecular formula is C24H33N3O4S. The van der Waals surface area contributed by atoms with E-state index in [0.29, 0.717) is 25.4 Å². The number of carbonyl (C=O) groups is 1. The molecule has 32 heavy (non-hydrogen) atoms. The van der Waals surface area contributed by atoms with E-state index in [1.807, 2.05) is 49.3 Å². The summed E-state index contributed by atoms with van der Waals surface area (Å²) in [6.45, 7) is 1.40. The van der Waals surface area contributed by atoms with Crippen LogP contribution in [0.15, 0.2) is 53.4 Å².